The Hall–Kier alpha value is -4.05. The predicted octanol–water partition coefficient (Wildman–Crippen LogP) is 5.06. The second-order valence-corrected chi connectivity index (χ2v) is 8.13. The van der Waals surface area contributed by atoms with Crippen LogP contribution in [0.1, 0.15) is 16.1 Å². The summed E-state index contributed by atoms with van der Waals surface area (Å²) in [5.41, 5.74) is 3.17. The lowest BCUT2D eigenvalue weighted by Crippen LogP contribution is -2.13. The van der Waals surface area contributed by atoms with Crippen molar-refractivity contribution >= 4 is 33.4 Å². The molecule has 4 heterocycles. The third-order valence-corrected chi connectivity index (χ3v) is 5.91. The van der Waals surface area contributed by atoms with Crippen molar-refractivity contribution in [1.29, 1.82) is 0 Å². The molecule has 1 amide bonds. The Morgan fingerprint density at radius 2 is 2.06 bits per heavy atom. The number of hydrogen-bond donors (Lipinski definition) is 1. The molecule has 1 N–H and O–H groups in total. The minimum Gasteiger partial charge on any atom is -0.496 e. The first kappa shape index (κ1) is 20.8. The average Bonchev–Trinajstić information content (AvgIpc) is 3.55. The molecule has 0 aliphatic heterocycles. The molecule has 0 fully saturated rings. The normalized spacial score (nSPS) is 11.2. The van der Waals surface area contributed by atoms with Gasteiger partial charge in [0, 0.05) is 18.0 Å². The van der Waals surface area contributed by atoms with E-state index in [-0.39, 0.29) is 5.91 Å². The molecule has 5 aromatic rings. The Morgan fingerprint density at radius 1 is 1.21 bits per heavy atom. The van der Waals surface area contributed by atoms with Gasteiger partial charge in [0.1, 0.15) is 17.3 Å². The Labute approximate surface area is 191 Å². The Balaban J connectivity index is 1.53. The summed E-state index contributed by atoms with van der Waals surface area (Å²) in [5.74, 6) is 0.267. The van der Waals surface area contributed by atoms with Crippen molar-refractivity contribution in [1.82, 2.24) is 19.7 Å². The second kappa shape index (κ2) is 8.14. The highest BCUT2D eigenvalue weighted by Gasteiger charge is 2.21. The van der Waals surface area contributed by atoms with Crippen molar-refractivity contribution in [3.63, 3.8) is 0 Å². The number of pyridine rings is 1. The zero-order chi connectivity index (χ0) is 23.1. The number of carbonyl (C=O) groups is 1. The standard InChI is InChI=1S/C23H18FN5O3S/c1-12-20-15(10-16(19-5-4-8-32-19)25-21(20)29(2)28-12)22(30)27-23-26-17(11-33-23)14-9-13(24)6-7-18(14)31-3/h4-11H,1-3H3,(H,26,27,30). The second-order valence-electron chi connectivity index (χ2n) is 7.28. The molecule has 0 saturated heterocycles. The van der Waals surface area contributed by atoms with E-state index in [0.717, 1.165) is 0 Å². The lowest BCUT2D eigenvalue weighted by atomic mass is 10.1. The lowest BCUT2D eigenvalue weighted by Gasteiger charge is -2.07. The Bertz CT molecular complexity index is 1490. The molecule has 5 rings (SSSR count). The maximum atomic E-state index is 13.8. The van der Waals surface area contributed by atoms with Crippen molar-refractivity contribution < 1.29 is 18.3 Å². The number of aryl methyl sites for hydroxylation is 2. The number of hydrogen-bond acceptors (Lipinski definition) is 7. The Kier molecular flexibility index (Phi) is 5.14. The van der Waals surface area contributed by atoms with Gasteiger partial charge in [-0.3, -0.25) is 14.8 Å². The quantitative estimate of drug-likeness (QED) is 0.391. The van der Waals surface area contributed by atoms with Gasteiger partial charge in [0.2, 0.25) is 0 Å². The summed E-state index contributed by atoms with van der Waals surface area (Å²) in [6.07, 6.45) is 1.55. The zero-order valence-corrected chi connectivity index (χ0v) is 18.7. The molecule has 166 valence electrons. The number of thiazole rings is 1. The number of halogens is 1. The van der Waals surface area contributed by atoms with E-state index in [0.29, 0.717) is 55.9 Å². The van der Waals surface area contributed by atoms with Crippen LogP contribution < -0.4 is 10.1 Å². The van der Waals surface area contributed by atoms with Gasteiger partial charge in [-0.2, -0.15) is 5.10 Å². The highest BCUT2D eigenvalue weighted by atomic mass is 32.1. The monoisotopic (exact) mass is 463 g/mol. The summed E-state index contributed by atoms with van der Waals surface area (Å²) in [6, 6.07) is 9.41. The summed E-state index contributed by atoms with van der Waals surface area (Å²) < 4.78 is 26.2. The van der Waals surface area contributed by atoms with E-state index in [9.17, 15) is 9.18 Å². The predicted molar refractivity (Wildman–Crippen MR) is 123 cm³/mol. The van der Waals surface area contributed by atoms with Crippen LogP contribution in [0.2, 0.25) is 0 Å². The summed E-state index contributed by atoms with van der Waals surface area (Å²) in [7, 11) is 3.28. The molecule has 0 radical (unpaired) electrons. The smallest absolute Gasteiger partial charge is 0.258 e. The molecule has 0 spiro atoms. The number of nitrogens with one attached hydrogen (secondary N) is 1. The van der Waals surface area contributed by atoms with Crippen LogP contribution >= 0.6 is 11.3 Å². The van der Waals surface area contributed by atoms with Gasteiger partial charge in [0.15, 0.2) is 16.5 Å². The van der Waals surface area contributed by atoms with Crippen LogP contribution in [0.25, 0.3) is 33.7 Å². The Morgan fingerprint density at radius 3 is 2.82 bits per heavy atom. The molecule has 33 heavy (non-hydrogen) atoms. The van der Waals surface area contributed by atoms with Crippen LogP contribution in [0.5, 0.6) is 5.75 Å². The third-order valence-electron chi connectivity index (χ3n) is 5.15. The molecule has 0 atom stereocenters. The van der Waals surface area contributed by atoms with E-state index < -0.39 is 5.82 Å². The number of amides is 1. The first-order valence-electron chi connectivity index (χ1n) is 9.93. The number of rotatable bonds is 5. The molecule has 4 aromatic heterocycles. The number of ether oxygens (including phenoxy) is 1. The minimum atomic E-state index is -0.402. The first-order chi connectivity index (χ1) is 15.9. The highest BCUT2D eigenvalue weighted by Crippen LogP contribution is 2.33. The van der Waals surface area contributed by atoms with Crippen LogP contribution in [0.3, 0.4) is 0 Å². The molecule has 0 bridgehead atoms. The van der Waals surface area contributed by atoms with Crippen LogP contribution in [0.4, 0.5) is 9.52 Å². The van der Waals surface area contributed by atoms with E-state index in [1.165, 1.54) is 36.6 Å². The van der Waals surface area contributed by atoms with Crippen LogP contribution in [-0.4, -0.2) is 32.8 Å². The maximum absolute atomic E-state index is 13.8. The SMILES string of the molecule is COc1ccc(F)cc1-c1csc(NC(=O)c2cc(-c3ccco3)nc3c2c(C)nn3C)n1. The molecule has 0 saturated carbocycles. The molecule has 0 aliphatic rings. The van der Waals surface area contributed by atoms with Gasteiger partial charge in [-0.25, -0.2) is 14.4 Å². The average molecular weight is 463 g/mol. The maximum Gasteiger partial charge on any atom is 0.258 e. The molecular formula is C23H18FN5O3S. The number of nitrogens with zero attached hydrogens (tertiary/aromatic N) is 4. The van der Waals surface area contributed by atoms with Gasteiger partial charge in [-0.1, -0.05) is 0 Å². The molecular weight excluding hydrogens is 445 g/mol. The van der Waals surface area contributed by atoms with E-state index in [1.807, 2.05) is 6.92 Å². The number of anilines is 1. The number of carbonyl (C=O) groups excluding carboxylic acids is 1. The van der Waals surface area contributed by atoms with Gasteiger partial charge in [0.25, 0.3) is 5.91 Å². The molecule has 8 nitrogen and oxygen atoms in total. The zero-order valence-electron chi connectivity index (χ0n) is 17.9. The van der Waals surface area contributed by atoms with Crippen molar-refractivity contribution in [3.8, 4) is 28.5 Å². The number of benzene rings is 1. The molecule has 10 heteroatoms. The molecule has 0 aliphatic carbocycles. The fourth-order valence-electron chi connectivity index (χ4n) is 3.67. The number of methoxy groups -OCH3 is 1. The highest BCUT2D eigenvalue weighted by molar-refractivity contribution is 7.14. The van der Waals surface area contributed by atoms with Gasteiger partial charge < -0.3 is 9.15 Å². The summed E-state index contributed by atoms with van der Waals surface area (Å²) in [6.45, 7) is 1.82. The van der Waals surface area contributed by atoms with Crippen molar-refractivity contribution in [2.75, 3.05) is 12.4 Å². The van der Waals surface area contributed by atoms with Crippen LogP contribution in [0.15, 0.2) is 52.5 Å². The van der Waals surface area contributed by atoms with E-state index in [4.69, 9.17) is 9.15 Å². The van der Waals surface area contributed by atoms with Crippen molar-refractivity contribution in [3.05, 3.63) is 65.1 Å². The number of fused-ring (bicyclic) bond motifs is 1. The van der Waals surface area contributed by atoms with Gasteiger partial charge in [-0.05, 0) is 43.3 Å². The third kappa shape index (κ3) is 3.74. The summed E-state index contributed by atoms with van der Waals surface area (Å²) in [5, 5.41) is 10.0. The topological polar surface area (TPSA) is 95.1 Å². The van der Waals surface area contributed by atoms with E-state index in [2.05, 4.69) is 20.4 Å². The van der Waals surface area contributed by atoms with Crippen molar-refractivity contribution in [2.24, 2.45) is 7.05 Å². The lowest BCUT2D eigenvalue weighted by molar-refractivity contribution is 0.102. The fourth-order valence-corrected chi connectivity index (χ4v) is 4.38. The fraction of sp³-hybridized carbons (Fsp3) is 0.130. The van der Waals surface area contributed by atoms with E-state index in [1.54, 1.807) is 41.6 Å². The van der Waals surface area contributed by atoms with Crippen LogP contribution in [0, 0.1) is 12.7 Å². The summed E-state index contributed by atoms with van der Waals surface area (Å²) in [4.78, 5) is 22.4. The number of aromatic nitrogens is 4. The van der Waals surface area contributed by atoms with Gasteiger partial charge in [0.05, 0.1) is 35.7 Å². The van der Waals surface area contributed by atoms with Gasteiger partial charge in [-0.15, -0.1) is 11.3 Å². The molecule has 1 aromatic carbocycles. The summed E-state index contributed by atoms with van der Waals surface area (Å²) >= 11 is 1.23. The van der Waals surface area contributed by atoms with Crippen molar-refractivity contribution in [2.45, 2.75) is 6.92 Å². The number of furan rings is 1. The van der Waals surface area contributed by atoms with Crippen LogP contribution in [-0.2, 0) is 7.05 Å². The first-order valence-corrected chi connectivity index (χ1v) is 10.8. The minimum absolute atomic E-state index is 0.363. The van der Waals surface area contributed by atoms with E-state index >= 15 is 0 Å². The van der Waals surface area contributed by atoms with Gasteiger partial charge >= 0.3 is 0 Å². The largest absolute Gasteiger partial charge is 0.496 e. The molecule has 0 unspecified atom stereocenters.